The van der Waals surface area contributed by atoms with E-state index in [2.05, 4.69) is 5.32 Å². The topological polar surface area (TPSA) is 47.6 Å². The SMILES string of the molecule is CC(C)(C)OC(=O)CNC1c2ccccc2OC1(C)C. The molecule has 110 valence electrons. The third kappa shape index (κ3) is 3.31. The van der Waals surface area contributed by atoms with Crippen molar-refractivity contribution in [2.24, 2.45) is 0 Å². The molecule has 0 aromatic heterocycles. The van der Waals surface area contributed by atoms with E-state index >= 15 is 0 Å². The van der Waals surface area contributed by atoms with Crippen LogP contribution >= 0.6 is 0 Å². The molecule has 1 heterocycles. The van der Waals surface area contributed by atoms with Gasteiger partial charge in [-0.15, -0.1) is 0 Å². The summed E-state index contributed by atoms with van der Waals surface area (Å²) >= 11 is 0. The molecule has 2 rings (SSSR count). The van der Waals surface area contributed by atoms with Gasteiger partial charge in [-0.25, -0.2) is 0 Å². The molecule has 1 aromatic carbocycles. The number of fused-ring (bicyclic) bond motifs is 1. The summed E-state index contributed by atoms with van der Waals surface area (Å²) in [6, 6.07) is 7.88. The van der Waals surface area contributed by atoms with Crippen LogP contribution in [0.25, 0.3) is 0 Å². The average molecular weight is 277 g/mol. The lowest BCUT2D eigenvalue weighted by Gasteiger charge is -2.27. The van der Waals surface area contributed by atoms with Crippen LogP contribution in [0, 0.1) is 0 Å². The van der Waals surface area contributed by atoms with Crippen LogP contribution in [0.5, 0.6) is 5.75 Å². The van der Waals surface area contributed by atoms with E-state index in [1.807, 2.05) is 58.9 Å². The first kappa shape index (κ1) is 14.9. The van der Waals surface area contributed by atoms with Crippen LogP contribution < -0.4 is 10.1 Å². The van der Waals surface area contributed by atoms with Crippen molar-refractivity contribution in [3.63, 3.8) is 0 Å². The minimum Gasteiger partial charge on any atom is -0.486 e. The minimum atomic E-state index is -0.460. The van der Waals surface area contributed by atoms with Crippen molar-refractivity contribution < 1.29 is 14.3 Å². The Labute approximate surface area is 120 Å². The van der Waals surface area contributed by atoms with Gasteiger partial charge in [0.25, 0.3) is 0 Å². The lowest BCUT2D eigenvalue weighted by atomic mass is 9.94. The quantitative estimate of drug-likeness (QED) is 0.863. The van der Waals surface area contributed by atoms with E-state index in [-0.39, 0.29) is 24.2 Å². The molecule has 0 radical (unpaired) electrons. The monoisotopic (exact) mass is 277 g/mol. The minimum absolute atomic E-state index is 0.0220. The predicted molar refractivity (Wildman–Crippen MR) is 77.7 cm³/mol. The van der Waals surface area contributed by atoms with Crippen LogP contribution in [-0.2, 0) is 9.53 Å². The Balaban J connectivity index is 2.04. The normalized spacial score (nSPS) is 20.1. The molecule has 0 saturated carbocycles. The summed E-state index contributed by atoms with van der Waals surface area (Å²) in [6.45, 7) is 9.79. The number of carbonyl (C=O) groups excluding carboxylic acids is 1. The Hall–Kier alpha value is -1.55. The Kier molecular flexibility index (Phi) is 3.78. The van der Waals surface area contributed by atoms with E-state index in [0.717, 1.165) is 11.3 Å². The van der Waals surface area contributed by atoms with Crippen molar-refractivity contribution in [3.05, 3.63) is 29.8 Å². The largest absolute Gasteiger partial charge is 0.486 e. The second-order valence-electron chi connectivity index (χ2n) is 6.64. The van der Waals surface area contributed by atoms with Crippen LogP contribution in [-0.4, -0.2) is 23.7 Å². The lowest BCUT2D eigenvalue weighted by Crippen LogP contribution is -2.42. The number of esters is 1. The molecule has 20 heavy (non-hydrogen) atoms. The van der Waals surface area contributed by atoms with E-state index in [1.165, 1.54) is 0 Å². The maximum atomic E-state index is 11.8. The fourth-order valence-electron chi connectivity index (χ4n) is 2.45. The molecular weight excluding hydrogens is 254 g/mol. The van der Waals surface area contributed by atoms with Crippen LogP contribution in [0.4, 0.5) is 0 Å². The molecule has 1 N–H and O–H groups in total. The van der Waals surface area contributed by atoms with E-state index < -0.39 is 5.60 Å². The van der Waals surface area contributed by atoms with Gasteiger partial charge in [-0.3, -0.25) is 10.1 Å². The van der Waals surface area contributed by atoms with E-state index in [0.29, 0.717) is 0 Å². The number of hydrogen-bond donors (Lipinski definition) is 1. The number of ether oxygens (including phenoxy) is 2. The predicted octanol–water partition coefficient (Wildman–Crippen LogP) is 2.83. The molecule has 1 aliphatic rings. The van der Waals surface area contributed by atoms with Gasteiger partial charge in [0, 0.05) is 5.56 Å². The first-order valence-corrected chi connectivity index (χ1v) is 6.92. The summed E-state index contributed by atoms with van der Waals surface area (Å²) < 4.78 is 11.2. The fraction of sp³-hybridized carbons (Fsp3) is 0.562. The second-order valence-corrected chi connectivity index (χ2v) is 6.64. The van der Waals surface area contributed by atoms with E-state index in [1.54, 1.807) is 0 Å². The van der Waals surface area contributed by atoms with E-state index in [9.17, 15) is 4.79 Å². The zero-order valence-corrected chi connectivity index (χ0v) is 12.8. The molecule has 0 bridgehead atoms. The maximum absolute atomic E-state index is 11.8. The van der Waals surface area contributed by atoms with Gasteiger partial charge in [0.15, 0.2) is 0 Å². The third-order valence-corrected chi connectivity index (χ3v) is 3.17. The Morgan fingerprint density at radius 2 is 2.00 bits per heavy atom. The van der Waals surface area contributed by atoms with Crippen LogP contribution in [0.2, 0.25) is 0 Å². The maximum Gasteiger partial charge on any atom is 0.320 e. The Morgan fingerprint density at radius 3 is 2.65 bits per heavy atom. The second kappa shape index (κ2) is 5.09. The number of para-hydroxylation sites is 1. The van der Waals surface area contributed by atoms with Crippen LogP contribution in [0.3, 0.4) is 0 Å². The number of carbonyl (C=O) groups is 1. The summed E-state index contributed by atoms with van der Waals surface area (Å²) in [6.07, 6.45) is 0. The van der Waals surface area contributed by atoms with Gasteiger partial charge in [-0.1, -0.05) is 18.2 Å². The zero-order valence-electron chi connectivity index (χ0n) is 12.8. The molecule has 1 aliphatic heterocycles. The fourth-order valence-corrected chi connectivity index (χ4v) is 2.45. The molecule has 0 fully saturated rings. The highest BCUT2D eigenvalue weighted by Crippen LogP contribution is 2.42. The molecular formula is C16H23NO3. The Morgan fingerprint density at radius 1 is 1.35 bits per heavy atom. The summed E-state index contributed by atoms with van der Waals surface area (Å²) in [5, 5.41) is 3.25. The number of benzene rings is 1. The smallest absolute Gasteiger partial charge is 0.320 e. The molecule has 4 nitrogen and oxygen atoms in total. The van der Waals surface area contributed by atoms with Crippen molar-refractivity contribution >= 4 is 5.97 Å². The van der Waals surface area contributed by atoms with Gasteiger partial charge in [0.05, 0.1) is 12.6 Å². The number of nitrogens with one attached hydrogen (secondary N) is 1. The first-order valence-electron chi connectivity index (χ1n) is 6.92. The van der Waals surface area contributed by atoms with Crippen LogP contribution in [0.1, 0.15) is 46.2 Å². The summed E-state index contributed by atoms with van der Waals surface area (Å²) in [5.74, 6) is 0.622. The number of hydrogen-bond acceptors (Lipinski definition) is 4. The third-order valence-electron chi connectivity index (χ3n) is 3.17. The molecule has 1 aromatic rings. The van der Waals surface area contributed by atoms with Gasteiger partial charge in [0.2, 0.25) is 0 Å². The van der Waals surface area contributed by atoms with Crippen molar-refractivity contribution in [3.8, 4) is 5.75 Å². The van der Waals surface area contributed by atoms with Gasteiger partial charge in [-0.2, -0.15) is 0 Å². The molecule has 1 atom stereocenters. The molecule has 0 amide bonds. The van der Waals surface area contributed by atoms with Crippen molar-refractivity contribution in [1.29, 1.82) is 0 Å². The van der Waals surface area contributed by atoms with Crippen LogP contribution in [0.15, 0.2) is 24.3 Å². The van der Waals surface area contributed by atoms with Gasteiger partial charge >= 0.3 is 5.97 Å². The summed E-state index contributed by atoms with van der Waals surface area (Å²) in [5.41, 5.74) is 0.241. The van der Waals surface area contributed by atoms with Crippen molar-refractivity contribution in [2.45, 2.75) is 51.9 Å². The number of rotatable bonds is 3. The van der Waals surface area contributed by atoms with Gasteiger partial charge in [0.1, 0.15) is 17.0 Å². The standard InChI is InChI=1S/C16H23NO3/c1-15(2,3)20-13(18)10-17-14-11-8-6-7-9-12(11)19-16(14,4)5/h6-9,14,17H,10H2,1-5H3. The molecule has 4 heteroatoms. The highest BCUT2D eigenvalue weighted by atomic mass is 16.6. The highest BCUT2D eigenvalue weighted by Gasteiger charge is 2.40. The molecule has 1 unspecified atom stereocenters. The van der Waals surface area contributed by atoms with Crippen molar-refractivity contribution in [2.75, 3.05) is 6.54 Å². The van der Waals surface area contributed by atoms with E-state index in [4.69, 9.17) is 9.47 Å². The lowest BCUT2D eigenvalue weighted by molar-refractivity contribution is -0.153. The summed E-state index contributed by atoms with van der Waals surface area (Å²) in [4.78, 5) is 11.8. The average Bonchev–Trinajstić information content (AvgIpc) is 2.53. The first-order chi connectivity index (χ1) is 9.19. The molecule has 0 aliphatic carbocycles. The highest BCUT2D eigenvalue weighted by molar-refractivity contribution is 5.72. The molecule has 0 spiro atoms. The zero-order chi connectivity index (χ0) is 15.0. The summed E-state index contributed by atoms with van der Waals surface area (Å²) in [7, 11) is 0. The molecule has 0 saturated heterocycles. The van der Waals surface area contributed by atoms with Gasteiger partial charge in [-0.05, 0) is 40.7 Å². The Bertz CT molecular complexity index is 503. The van der Waals surface area contributed by atoms with Gasteiger partial charge < -0.3 is 9.47 Å². The van der Waals surface area contributed by atoms with Crippen molar-refractivity contribution in [1.82, 2.24) is 5.32 Å².